The summed E-state index contributed by atoms with van der Waals surface area (Å²) in [6.07, 6.45) is 3.84. The Balaban J connectivity index is 1.64. The van der Waals surface area contributed by atoms with Crippen LogP contribution in [0.4, 0.5) is 5.69 Å². The molecule has 4 rings (SSSR count). The highest BCUT2D eigenvalue weighted by molar-refractivity contribution is 7.89. The Morgan fingerprint density at radius 1 is 1.15 bits per heavy atom. The van der Waals surface area contributed by atoms with E-state index in [9.17, 15) is 18.0 Å². The first-order valence-corrected chi connectivity index (χ1v) is 13.0. The summed E-state index contributed by atoms with van der Waals surface area (Å²) in [4.78, 5) is 31.1. The predicted octanol–water partition coefficient (Wildman–Crippen LogP) is 2.60. The van der Waals surface area contributed by atoms with Gasteiger partial charge >= 0.3 is 0 Å². The van der Waals surface area contributed by atoms with Crippen molar-refractivity contribution in [2.75, 3.05) is 32.6 Å². The van der Waals surface area contributed by atoms with Crippen LogP contribution in [0.3, 0.4) is 0 Å². The molecule has 1 aliphatic rings. The van der Waals surface area contributed by atoms with Crippen LogP contribution in [-0.2, 0) is 21.4 Å². The van der Waals surface area contributed by atoms with E-state index in [1.807, 2.05) is 0 Å². The topological polar surface area (TPSA) is 120 Å². The van der Waals surface area contributed by atoms with Gasteiger partial charge in [0.1, 0.15) is 16.3 Å². The van der Waals surface area contributed by atoms with E-state index in [-0.39, 0.29) is 16.8 Å². The average molecular weight is 507 g/mol. The van der Waals surface area contributed by atoms with Crippen molar-refractivity contribution < 1.29 is 22.7 Å². The second kappa shape index (κ2) is 9.72. The Morgan fingerprint density at radius 3 is 2.53 bits per heavy atom. The van der Waals surface area contributed by atoms with E-state index in [1.54, 1.807) is 25.1 Å². The Morgan fingerprint density at radius 2 is 1.85 bits per heavy atom. The largest absolute Gasteiger partial charge is 0.493 e. The third-order valence-electron chi connectivity index (χ3n) is 5.69. The lowest BCUT2D eigenvalue weighted by Gasteiger charge is -2.25. The highest BCUT2D eigenvalue weighted by atomic mass is 32.2. The molecule has 34 heavy (non-hydrogen) atoms. The number of aromatic nitrogens is 2. The van der Waals surface area contributed by atoms with E-state index >= 15 is 0 Å². The summed E-state index contributed by atoms with van der Waals surface area (Å²) < 4.78 is 39.7. The zero-order chi connectivity index (χ0) is 24.5. The number of anilines is 1. The highest BCUT2D eigenvalue weighted by Crippen LogP contribution is 2.34. The number of nitrogens with zero attached hydrogens (tertiary/aromatic N) is 3. The van der Waals surface area contributed by atoms with Gasteiger partial charge in [0.05, 0.1) is 25.9 Å². The quantitative estimate of drug-likeness (QED) is 0.523. The van der Waals surface area contributed by atoms with E-state index in [2.05, 4.69) is 10.3 Å². The molecule has 1 aliphatic heterocycles. The molecule has 0 atom stereocenters. The van der Waals surface area contributed by atoms with E-state index in [1.165, 1.54) is 24.9 Å². The maximum Gasteiger partial charge on any atom is 0.263 e. The van der Waals surface area contributed by atoms with Crippen molar-refractivity contribution in [2.24, 2.45) is 0 Å². The van der Waals surface area contributed by atoms with Gasteiger partial charge < -0.3 is 14.8 Å². The molecule has 1 aromatic carbocycles. The van der Waals surface area contributed by atoms with Crippen LogP contribution >= 0.6 is 11.3 Å². The smallest absolute Gasteiger partial charge is 0.263 e. The Labute approximate surface area is 201 Å². The minimum Gasteiger partial charge on any atom is -0.493 e. The number of rotatable bonds is 7. The van der Waals surface area contributed by atoms with Crippen LogP contribution in [0.2, 0.25) is 0 Å². The Kier molecular flexibility index (Phi) is 6.91. The van der Waals surface area contributed by atoms with Crippen LogP contribution in [0.25, 0.3) is 10.2 Å². The molecular formula is C22H26N4O6S2. The minimum absolute atomic E-state index is 0.00143. The van der Waals surface area contributed by atoms with Gasteiger partial charge in [0, 0.05) is 29.7 Å². The maximum absolute atomic E-state index is 13.4. The van der Waals surface area contributed by atoms with Crippen molar-refractivity contribution in [2.45, 2.75) is 37.6 Å². The average Bonchev–Trinajstić information content (AvgIpc) is 3.18. The first kappa shape index (κ1) is 24.2. The molecule has 3 heterocycles. The standard InChI is InChI=1S/C22H26N4O6S2/c1-14-20(34(29,30)26-9-5-4-6-10-26)19-21(33-14)23-13-25(22(19)28)12-18(27)24-15-7-8-16(31-2)17(11-15)32-3/h7-8,11,13H,4-6,9-10,12H2,1-3H3,(H,24,27). The molecule has 3 aromatic rings. The SMILES string of the molecule is COc1ccc(NC(=O)Cn2cnc3sc(C)c(S(=O)(=O)N4CCCCC4)c3c2=O)cc1OC. The fourth-order valence-electron chi connectivity index (χ4n) is 4.04. The molecule has 12 heteroatoms. The minimum atomic E-state index is -3.84. The van der Waals surface area contributed by atoms with Crippen LogP contribution in [0, 0.1) is 6.92 Å². The number of carbonyl (C=O) groups is 1. The summed E-state index contributed by atoms with van der Waals surface area (Å²) in [6.45, 7) is 2.22. The van der Waals surface area contributed by atoms with Crippen LogP contribution in [0.1, 0.15) is 24.1 Å². The van der Waals surface area contributed by atoms with Gasteiger partial charge in [-0.2, -0.15) is 4.31 Å². The fourth-order valence-corrected chi connectivity index (χ4v) is 7.22. The number of piperidine rings is 1. The van der Waals surface area contributed by atoms with Crippen LogP contribution in [0.5, 0.6) is 11.5 Å². The number of fused-ring (bicyclic) bond motifs is 1. The zero-order valence-corrected chi connectivity index (χ0v) is 20.8. The monoisotopic (exact) mass is 506 g/mol. The number of ether oxygens (including phenoxy) is 2. The molecule has 0 aliphatic carbocycles. The van der Waals surface area contributed by atoms with Gasteiger partial charge in [-0.1, -0.05) is 6.42 Å². The molecule has 1 saturated heterocycles. The number of aryl methyl sites for hydroxylation is 1. The summed E-state index contributed by atoms with van der Waals surface area (Å²) in [5, 5.41) is 2.74. The van der Waals surface area contributed by atoms with Gasteiger partial charge in [-0.3, -0.25) is 14.2 Å². The summed E-state index contributed by atoms with van der Waals surface area (Å²) >= 11 is 1.16. The molecule has 1 fully saturated rings. The third kappa shape index (κ3) is 4.52. The maximum atomic E-state index is 13.4. The van der Waals surface area contributed by atoms with Crippen LogP contribution < -0.4 is 20.3 Å². The van der Waals surface area contributed by atoms with Gasteiger partial charge in [0.2, 0.25) is 15.9 Å². The molecule has 1 N–H and O–H groups in total. The van der Waals surface area contributed by atoms with Crippen molar-refractivity contribution >= 4 is 43.2 Å². The summed E-state index contributed by atoms with van der Waals surface area (Å²) in [6, 6.07) is 4.90. The summed E-state index contributed by atoms with van der Waals surface area (Å²) in [5.41, 5.74) is -0.100. The lowest BCUT2D eigenvalue weighted by Crippen LogP contribution is -2.36. The van der Waals surface area contributed by atoms with Gasteiger partial charge in [0.15, 0.2) is 11.5 Å². The van der Waals surface area contributed by atoms with Crippen molar-refractivity contribution in [3.8, 4) is 11.5 Å². The van der Waals surface area contributed by atoms with Crippen molar-refractivity contribution in [3.05, 3.63) is 39.8 Å². The number of hydrogen-bond acceptors (Lipinski definition) is 8. The first-order chi connectivity index (χ1) is 16.3. The Hall–Kier alpha value is -2.96. The summed E-state index contributed by atoms with van der Waals surface area (Å²) in [7, 11) is -0.843. The zero-order valence-electron chi connectivity index (χ0n) is 19.2. The number of sulfonamides is 1. The van der Waals surface area contributed by atoms with Gasteiger partial charge in [-0.05, 0) is 31.9 Å². The van der Waals surface area contributed by atoms with E-state index in [0.29, 0.717) is 40.0 Å². The number of nitrogens with one attached hydrogen (secondary N) is 1. The molecule has 0 saturated carbocycles. The molecule has 10 nitrogen and oxygen atoms in total. The van der Waals surface area contributed by atoms with Gasteiger partial charge in [-0.15, -0.1) is 11.3 Å². The number of benzene rings is 1. The normalized spacial score (nSPS) is 14.8. The molecule has 0 radical (unpaired) electrons. The van der Waals surface area contributed by atoms with E-state index in [4.69, 9.17) is 9.47 Å². The molecule has 2 aromatic heterocycles. The number of carbonyl (C=O) groups excluding carboxylic acids is 1. The molecule has 0 unspecified atom stereocenters. The predicted molar refractivity (Wildman–Crippen MR) is 129 cm³/mol. The number of hydrogen-bond donors (Lipinski definition) is 1. The van der Waals surface area contributed by atoms with E-state index in [0.717, 1.165) is 35.2 Å². The first-order valence-electron chi connectivity index (χ1n) is 10.8. The number of methoxy groups -OCH3 is 2. The lowest BCUT2D eigenvalue weighted by atomic mass is 10.2. The molecular weight excluding hydrogens is 480 g/mol. The van der Waals surface area contributed by atoms with Crippen LogP contribution in [0.15, 0.2) is 34.2 Å². The number of amides is 1. The van der Waals surface area contributed by atoms with Crippen molar-refractivity contribution in [1.82, 2.24) is 13.9 Å². The second-order valence-corrected chi connectivity index (χ2v) is 11.0. The van der Waals surface area contributed by atoms with E-state index < -0.39 is 21.5 Å². The number of thiophene rings is 1. The second-order valence-electron chi connectivity index (χ2n) is 7.93. The molecule has 1 amide bonds. The Bertz CT molecular complexity index is 1390. The van der Waals surface area contributed by atoms with Gasteiger partial charge in [0.25, 0.3) is 5.56 Å². The third-order valence-corrected chi connectivity index (χ3v) is 8.91. The lowest BCUT2D eigenvalue weighted by molar-refractivity contribution is -0.116. The molecule has 182 valence electrons. The highest BCUT2D eigenvalue weighted by Gasteiger charge is 2.32. The van der Waals surface area contributed by atoms with Crippen LogP contribution in [-0.4, -0.2) is 55.5 Å². The van der Waals surface area contributed by atoms with Crippen molar-refractivity contribution in [3.63, 3.8) is 0 Å². The summed E-state index contributed by atoms with van der Waals surface area (Å²) in [5.74, 6) is 0.492. The molecule has 0 bridgehead atoms. The van der Waals surface area contributed by atoms with Gasteiger partial charge in [-0.25, -0.2) is 13.4 Å². The fraction of sp³-hybridized carbons (Fsp3) is 0.409. The molecule has 0 spiro atoms. The van der Waals surface area contributed by atoms with Crippen molar-refractivity contribution in [1.29, 1.82) is 0 Å².